The molecule has 9 bridgehead atoms. The summed E-state index contributed by atoms with van der Waals surface area (Å²) in [5, 5.41) is 0. The zero-order valence-electron chi connectivity index (χ0n) is 13.0. The number of carbonyl (C=O) groups excluding carboxylic acids is 1. The second kappa shape index (κ2) is 3.75. The summed E-state index contributed by atoms with van der Waals surface area (Å²) in [6.07, 6.45) is 9.62. The Morgan fingerprint density at radius 1 is 1.09 bits per heavy atom. The Morgan fingerprint density at radius 3 is 3.00 bits per heavy atom. The standard InChI is InChI=1S/C21H22O/c22-18-7-5-13-10-12-4-6-16(13)20(18)21-9-8-14(11-21)19-15(12)2-1-3-17(19)21/h4,6,10,14-15,20H,1-3,5,7-9,11H2. The maximum absolute atomic E-state index is 13.0. The van der Waals surface area contributed by atoms with E-state index >= 15 is 0 Å². The van der Waals surface area contributed by atoms with Crippen LogP contribution in [0.5, 0.6) is 0 Å². The first-order chi connectivity index (χ1) is 10.8. The Bertz CT molecular complexity index is 755. The van der Waals surface area contributed by atoms with Crippen molar-refractivity contribution in [2.45, 2.75) is 63.2 Å². The van der Waals surface area contributed by atoms with E-state index in [1.165, 1.54) is 49.7 Å². The fourth-order valence-electron chi connectivity index (χ4n) is 6.98. The Balaban J connectivity index is 1.74. The van der Waals surface area contributed by atoms with E-state index in [4.69, 9.17) is 0 Å². The average Bonchev–Trinajstić information content (AvgIpc) is 3.11. The lowest BCUT2D eigenvalue weighted by Crippen LogP contribution is -2.36. The number of Topliss-reactive ketones (excluding diaryl/α,β-unsaturated/α-hetero) is 1. The van der Waals surface area contributed by atoms with Gasteiger partial charge in [-0.3, -0.25) is 4.79 Å². The van der Waals surface area contributed by atoms with E-state index in [1.807, 2.05) is 0 Å². The normalized spacial score (nSPS) is 40.7. The SMILES string of the molecule is O=C1CCc2cc3ccc2C1C12CCC(C1)C1=C2CCCC13. The monoisotopic (exact) mass is 290 g/mol. The average molecular weight is 290 g/mol. The van der Waals surface area contributed by atoms with E-state index in [0.717, 1.165) is 18.8 Å². The number of hydrogen-bond acceptors (Lipinski definition) is 1. The largest absolute Gasteiger partial charge is 0.299 e. The van der Waals surface area contributed by atoms with Crippen LogP contribution in [0, 0.1) is 11.3 Å². The first-order valence-corrected chi connectivity index (χ1v) is 9.17. The molecule has 1 saturated carbocycles. The lowest BCUT2D eigenvalue weighted by Gasteiger charge is -2.42. The number of rotatable bonds is 0. The van der Waals surface area contributed by atoms with Crippen molar-refractivity contribution in [3.8, 4) is 0 Å². The van der Waals surface area contributed by atoms with E-state index in [-0.39, 0.29) is 11.3 Å². The first kappa shape index (κ1) is 12.1. The van der Waals surface area contributed by atoms with Gasteiger partial charge in [0.25, 0.3) is 0 Å². The molecule has 1 heteroatoms. The second-order valence-electron chi connectivity index (χ2n) is 8.33. The number of aryl methyl sites for hydroxylation is 1. The highest BCUT2D eigenvalue weighted by atomic mass is 16.1. The molecule has 0 radical (unpaired) electrons. The summed E-state index contributed by atoms with van der Waals surface area (Å²) in [7, 11) is 0. The van der Waals surface area contributed by atoms with E-state index in [0.29, 0.717) is 11.7 Å². The smallest absolute Gasteiger partial charge is 0.141 e. The van der Waals surface area contributed by atoms with Crippen molar-refractivity contribution in [3.05, 3.63) is 46.0 Å². The van der Waals surface area contributed by atoms with Gasteiger partial charge in [-0.05, 0) is 67.6 Å². The molecule has 0 aliphatic heterocycles. The van der Waals surface area contributed by atoms with Crippen molar-refractivity contribution in [2.24, 2.45) is 11.3 Å². The molecular weight excluding hydrogens is 268 g/mol. The third-order valence-electron chi connectivity index (χ3n) is 7.63. The maximum Gasteiger partial charge on any atom is 0.141 e. The number of ketones is 1. The first-order valence-electron chi connectivity index (χ1n) is 9.17. The number of hydrogen-bond donors (Lipinski definition) is 0. The van der Waals surface area contributed by atoms with Crippen LogP contribution in [0.4, 0.5) is 0 Å². The Labute approximate surface area is 131 Å². The molecule has 0 amide bonds. The highest BCUT2D eigenvalue weighted by molar-refractivity contribution is 5.90. The van der Waals surface area contributed by atoms with Crippen LogP contribution in [0.1, 0.15) is 73.5 Å². The number of benzene rings is 1. The summed E-state index contributed by atoms with van der Waals surface area (Å²) in [5.41, 5.74) is 8.25. The zero-order chi connectivity index (χ0) is 14.5. The molecule has 112 valence electrons. The van der Waals surface area contributed by atoms with Gasteiger partial charge in [0, 0.05) is 17.8 Å². The van der Waals surface area contributed by atoms with E-state index in [2.05, 4.69) is 18.2 Å². The molecule has 6 aliphatic carbocycles. The molecule has 22 heavy (non-hydrogen) atoms. The van der Waals surface area contributed by atoms with Gasteiger partial charge in [-0.2, -0.15) is 0 Å². The van der Waals surface area contributed by atoms with Gasteiger partial charge in [0.2, 0.25) is 0 Å². The quantitative estimate of drug-likeness (QED) is 0.635. The van der Waals surface area contributed by atoms with Gasteiger partial charge >= 0.3 is 0 Å². The number of fused-ring (bicyclic) bond motifs is 2. The summed E-state index contributed by atoms with van der Waals surface area (Å²) in [6.45, 7) is 0. The molecule has 0 aromatic heterocycles. The molecule has 1 nitrogen and oxygen atoms in total. The second-order valence-corrected chi connectivity index (χ2v) is 8.33. The fourth-order valence-corrected chi connectivity index (χ4v) is 6.98. The topological polar surface area (TPSA) is 17.1 Å². The van der Waals surface area contributed by atoms with Gasteiger partial charge in [-0.1, -0.05) is 29.3 Å². The van der Waals surface area contributed by atoms with E-state index in [9.17, 15) is 4.79 Å². The van der Waals surface area contributed by atoms with Gasteiger partial charge < -0.3 is 0 Å². The zero-order valence-corrected chi connectivity index (χ0v) is 13.0. The lowest BCUT2D eigenvalue weighted by atomic mass is 9.61. The molecular formula is C21H22O. The van der Waals surface area contributed by atoms with Crippen LogP contribution < -0.4 is 0 Å². The molecule has 4 atom stereocenters. The van der Waals surface area contributed by atoms with Crippen molar-refractivity contribution < 1.29 is 4.79 Å². The highest BCUT2D eigenvalue weighted by Crippen LogP contribution is 2.69. The van der Waals surface area contributed by atoms with Crippen LogP contribution in [-0.2, 0) is 11.2 Å². The van der Waals surface area contributed by atoms with Crippen molar-refractivity contribution in [1.29, 1.82) is 0 Å². The third-order valence-corrected chi connectivity index (χ3v) is 7.63. The Hall–Kier alpha value is -1.37. The van der Waals surface area contributed by atoms with Gasteiger partial charge in [-0.25, -0.2) is 0 Å². The fraction of sp³-hybridized carbons (Fsp3) is 0.571. The van der Waals surface area contributed by atoms with E-state index in [1.54, 1.807) is 16.7 Å². The van der Waals surface area contributed by atoms with Gasteiger partial charge in [0.05, 0.1) is 5.92 Å². The summed E-state index contributed by atoms with van der Waals surface area (Å²) in [5.74, 6) is 2.21. The van der Waals surface area contributed by atoms with E-state index < -0.39 is 0 Å². The molecule has 7 rings (SSSR count). The van der Waals surface area contributed by atoms with Gasteiger partial charge in [-0.15, -0.1) is 0 Å². The molecule has 4 unspecified atom stereocenters. The molecule has 0 N–H and O–H groups in total. The summed E-state index contributed by atoms with van der Waals surface area (Å²) >= 11 is 0. The molecule has 1 spiro atoms. The molecule has 6 aliphatic rings. The van der Waals surface area contributed by atoms with Crippen LogP contribution in [0.3, 0.4) is 0 Å². The third kappa shape index (κ3) is 1.19. The predicted molar refractivity (Wildman–Crippen MR) is 85.9 cm³/mol. The molecule has 1 aromatic carbocycles. The van der Waals surface area contributed by atoms with Crippen molar-refractivity contribution >= 4 is 5.78 Å². The molecule has 1 fully saturated rings. The summed E-state index contributed by atoms with van der Waals surface area (Å²) in [4.78, 5) is 13.0. The summed E-state index contributed by atoms with van der Waals surface area (Å²) in [6, 6.07) is 7.18. The van der Waals surface area contributed by atoms with Crippen LogP contribution >= 0.6 is 0 Å². The number of allylic oxidation sites excluding steroid dienone is 2. The van der Waals surface area contributed by atoms with Crippen LogP contribution in [0.2, 0.25) is 0 Å². The van der Waals surface area contributed by atoms with Crippen LogP contribution in [0.25, 0.3) is 0 Å². The van der Waals surface area contributed by atoms with Crippen LogP contribution in [0.15, 0.2) is 29.3 Å². The molecule has 0 heterocycles. The molecule has 1 aromatic rings. The summed E-state index contributed by atoms with van der Waals surface area (Å²) < 4.78 is 0. The maximum atomic E-state index is 13.0. The van der Waals surface area contributed by atoms with Crippen molar-refractivity contribution in [1.82, 2.24) is 0 Å². The highest BCUT2D eigenvalue weighted by Gasteiger charge is 2.59. The minimum atomic E-state index is 0.194. The molecule has 0 saturated heterocycles. The van der Waals surface area contributed by atoms with Gasteiger partial charge in [0.15, 0.2) is 0 Å². The van der Waals surface area contributed by atoms with Crippen molar-refractivity contribution in [3.63, 3.8) is 0 Å². The lowest BCUT2D eigenvalue weighted by molar-refractivity contribution is -0.123. The predicted octanol–water partition coefficient (Wildman–Crippen LogP) is 4.66. The Morgan fingerprint density at radius 2 is 2.05 bits per heavy atom. The van der Waals surface area contributed by atoms with Gasteiger partial charge in [0.1, 0.15) is 5.78 Å². The minimum Gasteiger partial charge on any atom is -0.299 e. The number of carbonyl (C=O) groups is 1. The van der Waals surface area contributed by atoms with Crippen molar-refractivity contribution in [2.75, 3.05) is 0 Å². The minimum absolute atomic E-state index is 0.194. The Kier molecular flexibility index (Phi) is 2.06. The van der Waals surface area contributed by atoms with Crippen LogP contribution in [-0.4, -0.2) is 5.78 Å².